The normalized spacial score (nSPS) is 10.3. The molecule has 4 heteroatoms. The molecule has 0 saturated carbocycles. The standard InChI is InChI=1S/C17H16N2O2/c1-2-4-15(5-3-1)21-16-8-6-14(7-9-16)20-13-10-17-18-11-12-19-17/h1-9,11-12H,10,13H2,(H,18,19). The van der Waals surface area contributed by atoms with E-state index in [1.807, 2.05) is 60.8 Å². The predicted octanol–water partition coefficient (Wildman–Crippen LogP) is 3.82. The van der Waals surface area contributed by atoms with E-state index < -0.39 is 0 Å². The van der Waals surface area contributed by atoms with E-state index in [9.17, 15) is 0 Å². The van der Waals surface area contributed by atoms with Crippen molar-refractivity contribution < 1.29 is 9.47 Å². The highest BCUT2D eigenvalue weighted by Crippen LogP contribution is 2.23. The van der Waals surface area contributed by atoms with Crippen LogP contribution in [0.1, 0.15) is 5.82 Å². The Kier molecular flexibility index (Phi) is 4.17. The molecule has 0 atom stereocenters. The van der Waals surface area contributed by atoms with Gasteiger partial charge in [0.2, 0.25) is 0 Å². The summed E-state index contributed by atoms with van der Waals surface area (Å²) in [7, 11) is 0. The zero-order valence-corrected chi connectivity index (χ0v) is 11.5. The van der Waals surface area contributed by atoms with Crippen molar-refractivity contribution in [3.8, 4) is 17.2 Å². The summed E-state index contributed by atoms with van der Waals surface area (Å²) in [4.78, 5) is 7.20. The minimum absolute atomic E-state index is 0.590. The van der Waals surface area contributed by atoms with Crippen molar-refractivity contribution in [2.75, 3.05) is 6.61 Å². The molecule has 1 aromatic heterocycles. The van der Waals surface area contributed by atoms with E-state index in [4.69, 9.17) is 9.47 Å². The van der Waals surface area contributed by atoms with Gasteiger partial charge in [-0.2, -0.15) is 0 Å². The number of ether oxygens (including phenoxy) is 2. The lowest BCUT2D eigenvalue weighted by molar-refractivity contribution is 0.319. The van der Waals surface area contributed by atoms with Crippen LogP contribution in [0.25, 0.3) is 0 Å². The number of imidazole rings is 1. The zero-order chi connectivity index (χ0) is 14.3. The second kappa shape index (κ2) is 6.61. The Balaban J connectivity index is 1.52. The summed E-state index contributed by atoms with van der Waals surface area (Å²) in [6.07, 6.45) is 4.31. The summed E-state index contributed by atoms with van der Waals surface area (Å²) < 4.78 is 11.4. The van der Waals surface area contributed by atoms with Gasteiger partial charge in [-0.15, -0.1) is 0 Å². The minimum atomic E-state index is 0.590. The first-order valence-corrected chi connectivity index (χ1v) is 6.84. The Bertz CT molecular complexity index is 649. The van der Waals surface area contributed by atoms with Crippen molar-refractivity contribution in [1.82, 2.24) is 9.97 Å². The molecule has 0 aliphatic heterocycles. The van der Waals surface area contributed by atoms with Gasteiger partial charge in [0.25, 0.3) is 0 Å². The smallest absolute Gasteiger partial charge is 0.127 e. The molecule has 4 nitrogen and oxygen atoms in total. The molecule has 3 aromatic rings. The molecule has 2 aromatic carbocycles. The van der Waals surface area contributed by atoms with E-state index >= 15 is 0 Å². The molecule has 1 heterocycles. The van der Waals surface area contributed by atoms with E-state index in [-0.39, 0.29) is 0 Å². The van der Waals surface area contributed by atoms with Crippen molar-refractivity contribution in [2.45, 2.75) is 6.42 Å². The minimum Gasteiger partial charge on any atom is -0.493 e. The van der Waals surface area contributed by atoms with E-state index in [1.54, 1.807) is 6.20 Å². The van der Waals surface area contributed by atoms with Crippen molar-refractivity contribution in [3.05, 3.63) is 72.8 Å². The number of rotatable bonds is 6. The van der Waals surface area contributed by atoms with Crippen molar-refractivity contribution in [1.29, 1.82) is 0 Å². The average Bonchev–Trinajstić information content (AvgIpc) is 3.03. The van der Waals surface area contributed by atoms with Gasteiger partial charge in [0, 0.05) is 18.8 Å². The van der Waals surface area contributed by atoms with Crippen LogP contribution < -0.4 is 9.47 Å². The summed E-state index contributed by atoms with van der Waals surface area (Å²) in [6, 6.07) is 17.3. The number of H-pyrrole nitrogens is 1. The van der Waals surface area contributed by atoms with Gasteiger partial charge in [0.05, 0.1) is 6.61 Å². The summed E-state index contributed by atoms with van der Waals surface area (Å²) in [6.45, 7) is 0.590. The van der Waals surface area contributed by atoms with Crippen LogP contribution in [0.4, 0.5) is 0 Å². The van der Waals surface area contributed by atoms with Crippen LogP contribution in [0.15, 0.2) is 67.0 Å². The fourth-order valence-corrected chi connectivity index (χ4v) is 1.93. The van der Waals surface area contributed by atoms with Crippen LogP contribution in [0.5, 0.6) is 17.2 Å². The zero-order valence-electron chi connectivity index (χ0n) is 11.5. The molecule has 0 spiro atoms. The summed E-state index contributed by atoms with van der Waals surface area (Å²) in [5.41, 5.74) is 0. The third-order valence-electron chi connectivity index (χ3n) is 2.97. The van der Waals surface area contributed by atoms with E-state index in [0.29, 0.717) is 6.61 Å². The fourth-order valence-electron chi connectivity index (χ4n) is 1.93. The van der Waals surface area contributed by atoms with Gasteiger partial charge in [0.15, 0.2) is 0 Å². The molecular weight excluding hydrogens is 264 g/mol. The van der Waals surface area contributed by atoms with Crippen LogP contribution in [0.3, 0.4) is 0 Å². The molecule has 0 radical (unpaired) electrons. The van der Waals surface area contributed by atoms with Gasteiger partial charge in [-0.3, -0.25) is 0 Å². The van der Waals surface area contributed by atoms with E-state index in [1.165, 1.54) is 0 Å². The molecule has 1 N–H and O–H groups in total. The van der Waals surface area contributed by atoms with Crippen LogP contribution in [-0.4, -0.2) is 16.6 Å². The predicted molar refractivity (Wildman–Crippen MR) is 80.7 cm³/mol. The maximum atomic E-state index is 5.73. The number of aromatic nitrogens is 2. The number of aromatic amines is 1. The SMILES string of the molecule is c1ccc(Oc2ccc(OCCc3ncc[nH]3)cc2)cc1. The average molecular weight is 280 g/mol. The molecule has 21 heavy (non-hydrogen) atoms. The van der Waals surface area contributed by atoms with Gasteiger partial charge in [-0.05, 0) is 36.4 Å². The summed E-state index contributed by atoms with van der Waals surface area (Å²) in [5, 5.41) is 0. The first-order valence-electron chi connectivity index (χ1n) is 6.84. The lowest BCUT2D eigenvalue weighted by atomic mass is 10.3. The lowest BCUT2D eigenvalue weighted by Gasteiger charge is -2.08. The highest BCUT2D eigenvalue weighted by Gasteiger charge is 1.99. The molecule has 0 amide bonds. The third-order valence-corrected chi connectivity index (χ3v) is 2.97. The highest BCUT2D eigenvalue weighted by atomic mass is 16.5. The molecular formula is C17H16N2O2. The Morgan fingerprint density at radius 3 is 2.29 bits per heavy atom. The maximum Gasteiger partial charge on any atom is 0.127 e. The number of hydrogen-bond donors (Lipinski definition) is 1. The van der Waals surface area contributed by atoms with Gasteiger partial charge in [-0.1, -0.05) is 18.2 Å². The molecule has 0 unspecified atom stereocenters. The van der Waals surface area contributed by atoms with E-state index in [0.717, 1.165) is 29.5 Å². The maximum absolute atomic E-state index is 5.73. The van der Waals surface area contributed by atoms with Crippen molar-refractivity contribution in [2.24, 2.45) is 0 Å². The number of nitrogens with zero attached hydrogens (tertiary/aromatic N) is 1. The van der Waals surface area contributed by atoms with Crippen LogP contribution in [0, 0.1) is 0 Å². The molecule has 3 rings (SSSR count). The first kappa shape index (κ1) is 13.2. The van der Waals surface area contributed by atoms with Crippen LogP contribution in [0.2, 0.25) is 0 Å². The second-order valence-corrected chi connectivity index (χ2v) is 4.52. The largest absolute Gasteiger partial charge is 0.493 e. The molecule has 0 fully saturated rings. The monoisotopic (exact) mass is 280 g/mol. The lowest BCUT2D eigenvalue weighted by Crippen LogP contribution is -2.02. The summed E-state index contributed by atoms with van der Waals surface area (Å²) >= 11 is 0. The Labute approximate surface area is 123 Å². The molecule has 0 bridgehead atoms. The van der Waals surface area contributed by atoms with Crippen LogP contribution >= 0.6 is 0 Å². The van der Waals surface area contributed by atoms with Crippen LogP contribution in [-0.2, 0) is 6.42 Å². The summed E-state index contributed by atoms with van der Waals surface area (Å²) in [5.74, 6) is 3.37. The van der Waals surface area contributed by atoms with Gasteiger partial charge in [0.1, 0.15) is 23.1 Å². The quantitative estimate of drug-likeness (QED) is 0.746. The van der Waals surface area contributed by atoms with Gasteiger partial charge < -0.3 is 14.5 Å². The van der Waals surface area contributed by atoms with Gasteiger partial charge >= 0.3 is 0 Å². The Hall–Kier alpha value is -2.75. The molecule has 0 saturated heterocycles. The number of para-hydroxylation sites is 1. The third kappa shape index (κ3) is 3.86. The Morgan fingerprint density at radius 2 is 1.57 bits per heavy atom. The molecule has 0 aliphatic rings. The van der Waals surface area contributed by atoms with Crippen molar-refractivity contribution >= 4 is 0 Å². The second-order valence-electron chi connectivity index (χ2n) is 4.52. The number of hydrogen-bond acceptors (Lipinski definition) is 3. The first-order chi connectivity index (χ1) is 10.4. The number of nitrogens with one attached hydrogen (secondary N) is 1. The molecule has 106 valence electrons. The van der Waals surface area contributed by atoms with E-state index in [2.05, 4.69) is 9.97 Å². The Morgan fingerprint density at radius 1 is 0.857 bits per heavy atom. The van der Waals surface area contributed by atoms with Crippen molar-refractivity contribution in [3.63, 3.8) is 0 Å². The topological polar surface area (TPSA) is 47.1 Å². The number of benzene rings is 2. The highest BCUT2D eigenvalue weighted by molar-refractivity contribution is 5.35. The fraction of sp³-hybridized carbons (Fsp3) is 0.118. The van der Waals surface area contributed by atoms with Gasteiger partial charge in [-0.25, -0.2) is 4.98 Å². The molecule has 0 aliphatic carbocycles.